The molecular formula is C13H11Cl2N3S. The molecule has 2 heterocycles. The highest BCUT2D eigenvalue weighted by Crippen LogP contribution is 2.26. The van der Waals surface area contributed by atoms with Gasteiger partial charge in [-0.1, -0.05) is 17.7 Å². The number of alkyl halides is 1. The molecular weight excluding hydrogens is 301 g/mol. The molecule has 0 saturated heterocycles. The topological polar surface area (TPSA) is 30.7 Å². The lowest BCUT2D eigenvalue weighted by molar-refractivity contribution is 0.771. The second-order valence-electron chi connectivity index (χ2n) is 4.24. The Bertz CT molecular complexity index is 733. The first kappa shape index (κ1) is 12.9. The van der Waals surface area contributed by atoms with Crippen molar-refractivity contribution in [3.8, 4) is 0 Å². The van der Waals surface area contributed by atoms with Crippen LogP contribution in [-0.4, -0.2) is 14.5 Å². The van der Waals surface area contributed by atoms with Gasteiger partial charge in [-0.3, -0.25) is 0 Å². The lowest BCUT2D eigenvalue weighted by Gasteiger charge is -2.05. The molecule has 0 atom stereocenters. The molecule has 0 radical (unpaired) electrons. The number of imidazole rings is 1. The second-order valence-corrected chi connectivity index (χ2v) is 5.86. The predicted molar refractivity (Wildman–Crippen MR) is 80.3 cm³/mol. The highest BCUT2D eigenvalue weighted by Gasteiger charge is 2.13. The summed E-state index contributed by atoms with van der Waals surface area (Å²) in [6.07, 6.45) is 0. The average molecular weight is 312 g/mol. The summed E-state index contributed by atoms with van der Waals surface area (Å²) in [4.78, 5) is 8.99. The highest BCUT2D eigenvalue weighted by molar-refractivity contribution is 7.09. The molecule has 0 amide bonds. The number of aryl methyl sites for hydroxylation is 1. The summed E-state index contributed by atoms with van der Waals surface area (Å²) >= 11 is 13.8. The van der Waals surface area contributed by atoms with E-state index in [1.807, 2.05) is 30.5 Å². The molecule has 0 aliphatic rings. The number of nitrogens with zero attached hydrogens (tertiary/aromatic N) is 3. The largest absolute Gasteiger partial charge is 0.320 e. The Morgan fingerprint density at radius 1 is 1.32 bits per heavy atom. The van der Waals surface area contributed by atoms with Crippen molar-refractivity contribution in [1.29, 1.82) is 0 Å². The standard InChI is InChI=1S/C13H11Cl2N3S/c1-8-7-19-12(16-8)6-18-10-4-2-3-9(15)13(10)17-11(18)5-14/h2-4,7H,5-6H2,1H3. The van der Waals surface area contributed by atoms with Crippen molar-refractivity contribution in [3.05, 3.63) is 45.1 Å². The van der Waals surface area contributed by atoms with E-state index in [9.17, 15) is 0 Å². The van der Waals surface area contributed by atoms with Crippen molar-refractivity contribution in [3.63, 3.8) is 0 Å². The van der Waals surface area contributed by atoms with Crippen LogP contribution in [0.25, 0.3) is 11.0 Å². The van der Waals surface area contributed by atoms with Crippen molar-refractivity contribution >= 4 is 45.6 Å². The third-order valence-corrected chi connectivity index (χ3v) is 4.38. The van der Waals surface area contributed by atoms with E-state index in [1.54, 1.807) is 11.3 Å². The van der Waals surface area contributed by atoms with Crippen molar-refractivity contribution in [2.75, 3.05) is 0 Å². The molecule has 3 nitrogen and oxygen atoms in total. The molecule has 3 aromatic rings. The summed E-state index contributed by atoms with van der Waals surface area (Å²) in [6.45, 7) is 2.67. The van der Waals surface area contributed by atoms with Crippen molar-refractivity contribution < 1.29 is 0 Å². The number of hydrogen-bond donors (Lipinski definition) is 0. The molecule has 0 fully saturated rings. The van der Waals surface area contributed by atoms with Gasteiger partial charge >= 0.3 is 0 Å². The maximum Gasteiger partial charge on any atom is 0.125 e. The number of aromatic nitrogens is 3. The van der Waals surface area contributed by atoms with Gasteiger partial charge < -0.3 is 4.57 Å². The molecule has 0 aliphatic heterocycles. The Balaban J connectivity index is 2.13. The van der Waals surface area contributed by atoms with E-state index in [2.05, 4.69) is 14.5 Å². The van der Waals surface area contributed by atoms with E-state index in [0.717, 1.165) is 27.6 Å². The molecule has 3 rings (SSSR count). The van der Waals surface area contributed by atoms with Crippen LogP contribution in [0.1, 0.15) is 16.5 Å². The summed E-state index contributed by atoms with van der Waals surface area (Å²) < 4.78 is 2.08. The number of rotatable bonds is 3. The van der Waals surface area contributed by atoms with Crippen LogP contribution in [0.15, 0.2) is 23.6 Å². The normalized spacial score (nSPS) is 11.3. The Hall–Kier alpha value is -1.10. The summed E-state index contributed by atoms with van der Waals surface area (Å²) in [5.74, 6) is 1.17. The molecule has 19 heavy (non-hydrogen) atoms. The summed E-state index contributed by atoms with van der Waals surface area (Å²) in [5.41, 5.74) is 2.83. The first-order chi connectivity index (χ1) is 9.19. The molecule has 0 aliphatic carbocycles. The second kappa shape index (κ2) is 5.12. The molecule has 0 saturated carbocycles. The molecule has 0 unspecified atom stereocenters. The molecule has 0 bridgehead atoms. The zero-order chi connectivity index (χ0) is 13.4. The molecule has 1 aromatic carbocycles. The number of para-hydroxylation sites is 1. The number of halogens is 2. The lowest BCUT2D eigenvalue weighted by Crippen LogP contribution is -2.03. The van der Waals surface area contributed by atoms with Crippen molar-refractivity contribution in [2.45, 2.75) is 19.3 Å². The van der Waals surface area contributed by atoms with E-state index in [0.29, 0.717) is 17.4 Å². The fraction of sp³-hybridized carbons (Fsp3) is 0.231. The third kappa shape index (κ3) is 2.36. The zero-order valence-corrected chi connectivity index (χ0v) is 12.6. The minimum Gasteiger partial charge on any atom is -0.320 e. The number of hydrogen-bond acceptors (Lipinski definition) is 3. The smallest absolute Gasteiger partial charge is 0.125 e. The van der Waals surface area contributed by atoms with Gasteiger partial charge in [0.2, 0.25) is 0 Å². The fourth-order valence-corrected chi connectivity index (χ4v) is 3.23. The van der Waals surface area contributed by atoms with Crippen LogP contribution in [0.4, 0.5) is 0 Å². The number of thiazole rings is 1. The minimum atomic E-state index is 0.357. The van der Waals surface area contributed by atoms with Gasteiger partial charge in [0.1, 0.15) is 16.3 Å². The Morgan fingerprint density at radius 2 is 2.16 bits per heavy atom. The van der Waals surface area contributed by atoms with Crippen LogP contribution >= 0.6 is 34.5 Å². The molecule has 0 spiro atoms. The number of fused-ring (bicyclic) bond motifs is 1. The van der Waals surface area contributed by atoms with E-state index in [4.69, 9.17) is 23.2 Å². The molecule has 0 N–H and O–H groups in total. The van der Waals surface area contributed by atoms with Crippen molar-refractivity contribution in [1.82, 2.24) is 14.5 Å². The fourth-order valence-electron chi connectivity index (χ4n) is 2.05. The summed E-state index contributed by atoms with van der Waals surface area (Å²) in [7, 11) is 0. The van der Waals surface area contributed by atoms with Gasteiger partial charge in [0.15, 0.2) is 0 Å². The Kier molecular flexibility index (Phi) is 3.48. The van der Waals surface area contributed by atoms with Crippen LogP contribution in [0.3, 0.4) is 0 Å². The monoisotopic (exact) mass is 311 g/mol. The van der Waals surface area contributed by atoms with Gasteiger partial charge in [0.25, 0.3) is 0 Å². The van der Waals surface area contributed by atoms with Gasteiger partial charge in [-0.15, -0.1) is 22.9 Å². The van der Waals surface area contributed by atoms with Crippen LogP contribution in [0.2, 0.25) is 5.02 Å². The van der Waals surface area contributed by atoms with E-state index >= 15 is 0 Å². The summed E-state index contributed by atoms with van der Waals surface area (Å²) in [6, 6.07) is 5.77. The SMILES string of the molecule is Cc1csc(Cn2c(CCl)nc3c(Cl)cccc32)n1. The minimum absolute atomic E-state index is 0.357. The average Bonchev–Trinajstić information content (AvgIpc) is 2.96. The molecule has 2 aromatic heterocycles. The van der Waals surface area contributed by atoms with E-state index < -0.39 is 0 Å². The van der Waals surface area contributed by atoms with Gasteiger partial charge in [-0.05, 0) is 19.1 Å². The Morgan fingerprint density at radius 3 is 2.84 bits per heavy atom. The Labute approximate surface area is 124 Å². The molecule has 6 heteroatoms. The van der Waals surface area contributed by atoms with Gasteiger partial charge in [0, 0.05) is 11.1 Å². The molecule has 98 valence electrons. The van der Waals surface area contributed by atoms with Crippen LogP contribution < -0.4 is 0 Å². The maximum atomic E-state index is 6.17. The van der Waals surface area contributed by atoms with Gasteiger partial charge in [-0.2, -0.15) is 0 Å². The van der Waals surface area contributed by atoms with E-state index in [-0.39, 0.29) is 0 Å². The van der Waals surface area contributed by atoms with Crippen LogP contribution in [-0.2, 0) is 12.4 Å². The first-order valence-corrected chi connectivity index (χ1v) is 7.59. The van der Waals surface area contributed by atoms with Crippen LogP contribution in [0, 0.1) is 6.92 Å². The third-order valence-electron chi connectivity index (χ3n) is 2.89. The van der Waals surface area contributed by atoms with Crippen molar-refractivity contribution in [2.24, 2.45) is 0 Å². The maximum absolute atomic E-state index is 6.17. The number of benzene rings is 1. The predicted octanol–water partition coefficient (Wildman–Crippen LogP) is 4.24. The first-order valence-electron chi connectivity index (χ1n) is 5.79. The van der Waals surface area contributed by atoms with E-state index in [1.165, 1.54) is 0 Å². The zero-order valence-electron chi connectivity index (χ0n) is 10.2. The van der Waals surface area contributed by atoms with Crippen LogP contribution in [0.5, 0.6) is 0 Å². The quantitative estimate of drug-likeness (QED) is 0.677. The summed E-state index contributed by atoms with van der Waals surface area (Å²) in [5, 5.41) is 3.74. The lowest BCUT2D eigenvalue weighted by atomic mass is 10.3. The van der Waals surface area contributed by atoms with Gasteiger partial charge in [-0.25, -0.2) is 9.97 Å². The van der Waals surface area contributed by atoms with Gasteiger partial charge in [0.05, 0.1) is 23.0 Å². The highest BCUT2D eigenvalue weighted by atomic mass is 35.5.